The highest BCUT2D eigenvalue weighted by Gasteiger charge is 2.03. The Morgan fingerprint density at radius 1 is 1.00 bits per heavy atom. The first kappa shape index (κ1) is 12.6. The Hall–Kier alpha value is -0.870. The van der Waals surface area contributed by atoms with E-state index in [2.05, 4.69) is 42.2 Å². The Morgan fingerprint density at radius 3 is 2.29 bits per heavy atom. The van der Waals surface area contributed by atoms with Crippen LogP contribution in [0.2, 0.25) is 0 Å². The van der Waals surface area contributed by atoms with Crippen molar-refractivity contribution in [2.45, 2.75) is 6.42 Å². The molecule has 2 aromatic rings. The maximum Gasteiger partial charge on any atom is 0.0629 e. The number of rotatable bonds is 4. The zero-order chi connectivity index (χ0) is 12.1. The van der Waals surface area contributed by atoms with Crippen LogP contribution in [0.3, 0.4) is 0 Å². The van der Waals surface area contributed by atoms with Crippen molar-refractivity contribution in [2.24, 2.45) is 0 Å². The lowest BCUT2D eigenvalue weighted by molar-refractivity contribution is 1.01. The van der Waals surface area contributed by atoms with E-state index in [4.69, 9.17) is 0 Å². The van der Waals surface area contributed by atoms with Crippen LogP contribution < -0.4 is 5.32 Å². The first-order chi connectivity index (χ1) is 8.27. The minimum Gasteiger partial charge on any atom is -0.383 e. The van der Waals surface area contributed by atoms with Crippen LogP contribution in [0.1, 0.15) is 5.56 Å². The molecule has 0 unspecified atom stereocenters. The molecule has 1 aromatic carbocycles. The van der Waals surface area contributed by atoms with Crippen molar-refractivity contribution in [1.82, 2.24) is 4.98 Å². The smallest absolute Gasteiger partial charge is 0.0629 e. The lowest BCUT2D eigenvalue weighted by atomic mass is 10.2. The highest BCUT2D eigenvalue weighted by molar-refractivity contribution is 9.11. The second kappa shape index (κ2) is 6.17. The Kier molecular flexibility index (Phi) is 4.57. The first-order valence-electron chi connectivity index (χ1n) is 5.34. The second-order valence-corrected chi connectivity index (χ2v) is 5.34. The molecule has 88 valence electrons. The molecule has 0 saturated heterocycles. The van der Waals surface area contributed by atoms with Crippen molar-refractivity contribution in [3.05, 3.63) is 57.2 Å². The van der Waals surface area contributed by atoms with Crippen LogP contribution in [0.15, 0.2) is 51.7 Å². The summed E-state index contributed by atoms with van der Waals surface area (Å²) in [7, 11) is 0. The van der Waals surface area contributed by atoms with Gasteiger partial charge in [0.25, 0.3) is 0 Å². The van der Waals surface area contributed by atoms with E-state index in [0.717, 1.165) is 27.6 Å². The van der Waals surface area contributed by atoms with Crippen LogP contribution in [0.4, 0.5) is 5.69 Å². The molecular formula is C13H12Br2N2. The summed E-state index contributed by atoms with van der Waals surface area (Å²) in [5.74, 6) is 0. The largest absolute Gasteiger partial charge is 0.383 e. The highest BCUT2D eigenvalue weighted by atomic mass is 79.9. The number of benzene rings is 1. The third kappa shape index (κ3) is 3.54. The lowest BCUT2D eigenvalue weighted by Gasteiger charge is -2.10. The summed E-state index contributed by atoms with van der Waals surface area (Å²) >= 11 is 7.06. The van der Waals surface area contributed by atoms with Crippen LogP contribution in [0.5, 0.6) is 0 Å². The second-order valence-electron chi connectivity index (χ2n) is 3.63. The molecule has 2 rings (SSSR count). The molecule has 0 spiro atoms. The molecule has 0 amide bonds. The molecule has 2 nitrogen and oxygen atoms in total. The standard InChI is InChI=1S/C13H12Br2N2/c14-11-2-1-3-12(15)13(11)17-9-6-10-4-7-16-8-5-10/h1-5,7-8,17H,6,9H2. The molecule has 4 heteroatoms. The van der Waals surface area contributed by atoms with Gasteiger partial charge in [0, 0.05) is 27.9 Å². The van der Waals surface area contributed by atoms with Gasteiger partial charge < -0.3 is 5.32 Å². The average Bonchev–Trinajstić information content (AvgIpc) is 2.34. The van der Waals surface area contributed by atoms with E-state index in [1.807, 2.05) is 42.7 Å². The van der Waals surface area contributed by atoms with Gasteiger partial charge in [-0.3, -0.25) is 4.98 Å². The van der Waals surface area contributed by atoms with Crippen LogP contribution in [0, 0.1) is 0 Å². The van der Waals surface area contributed by atoms with E-state index in [-0.39, 0.29) is 0 Å². The quantitative estimate of drug-likeness (QED) is 0.886. The Morgan fingerprint density at radius 2 is 1.65 bits per heavy atom. The molecular weight excluding hydrogens is 344 g/mol. The summed E-state index contributed by atoms with van der Waals surface area (Å²) in [6.45, 7) is 0.894. The van der Waals surface area contributed by atoms with E-state index in [1.54, 1.807) is 0 Å². The van der Waals surface area contributed by atoms with Gasteiger partial charge in [-0.1, -0.05) is 6.07 Å². The SMILES string of the molecule is Brc1cccc(Br)c1NCCc1ccncc1. The zero-order valence-corrected chi connectivity index (χ0v) is 12.3. The molecule has 0 atom stereocenters. The molecule has 0 aliphatic rings. The van der Waals surface area contributed by atoms with Crippen LogP contribution >= 0.6 is 31.9 Å². The van der Waals surface area contributed by atoms with E-state index in [1.165, 1.54) is 5.56 Å². The molecule has 0 bridgehead atoms. The molecule has 17 heavy (non-hydrogen) atoms. The number of para-hydroxylation sites is 1. The molecule has 0 radical (unpaired) electrons. The minimum absolute atomic E-state index is 0.894. The summed E-state index contributed by atoms with van der Waals surface area (Å²) in [6.07, 6.45) is 4.63. The van der Waals surface area contributed by atoms with Crippen molar-refractivity contribution < 1.29 is 0 Å². The summed E-state index contributed by atoms with van der Waals surface area (Å²) < 4.78 is 2.14. The van der Waals surface area contributed by atoms with Gasteiger partial charge in [0.05, 0.1) is 5.69 Å². The summed E-state index contributed by atoms with van der Waals surface area (Å²) in [4.78, 5) is 4.00. The Bertz CT molecular complexity index is 466. The van der Waals surface area contributed by atoms with Gasteiger partial charge in [-0.25, -0.2) is 0 Å². The Balaban J connectivity index is 1.95. The number of pyridine rings is 1. The van der Waals surface area contributed by atoms with Crippen molar-refractivity contribution in [1.29, 1.82) is 0 Å². The molecule has 0 fully saturated rings. The fraction of sp³-hybridized carbons (Fsp3) is 0.154. The normalized spacial score (nSPS) is 10.2. The third-order valence-corrected chi connectivity index (χ3v) is 3.75. The predicted octanol–water partition coefficient (Wildman–Crippen LogP) is 4.26. The monoisotopic (exact) mass is 354 g/mol. The molecule has 0 aliphatic heterocycles. The van der Waals surface area contributed by atoms with Gasteiger partial charge in [0.15, 0.2) is 0 Å². The van der Waals surface area contributed by atoms with Gasteiger partial charge in [-0.05, 0) is 68.1 Å². The zero-order valence-electron chi connectivity index (χ0n) is 9.16. The van der Waals surface area contributed by atoms with Gasteiger partial charge >= 0.3 is 0 Å². The third-order valence-electron chi connectivity index (χ3n) is 2.43. The summed E-state index contributed by atoms with van der Waals surface area (Å²) in [6, 6.07) is 10.1. The van der Waals surface area contributed by atoms with Gasteiger partial charge in [-0.2, -0.15) is 0 Å². The molecule has 1 heterocycles. The maximum absolute atomic E-state index is 4.00. The topological polar surface area (TPSA) is 24.9 Å². The first-order valence-corrected chi connectivity index (χ1v) is 6.93. The average molecular weight is 356 g/mol. The number of hydrogen-bond acceptors (Lipinski definition) is 2. The van der Waals surface area contributed by atoms with E-state index < -0.39 is 0 Å². The molecule has 0 saturated carbocycles. The number of halogens is 2. The maximum atomic E-state index is 4.00. The minimum atomic E-state index is 0.894. The van der Waals surface area contributed by atoms with Crippen LogP contribution in [-0.2, 0) is 6.42 Å². The van der Waals surface area contributed by atoms with Gasteiger partial charge in [-0.15, -0.1) is 0 Å². The fourth-order valence-corrected chi connectivity index (χ4v) is 2.83. The fourth-order valence-electron chi connectivity index (χ4n) is 1.55. The number of nitrogens with zero attached hydrogens (tertiary/aromatic N) is 1. The number of nitrogens with one attached hydrogen (secondary N) is 1. The Labute approximate surface area is 118 Å². The predicted molar refractivity (Wildman–Crippen MR) is 78.3 cm³/mol. The summed E-state index contributed by atoms with van der Waals surface area (Å²) in [5, 5.41) is 3.42. The van der Waals surface area contributed by atoms with Crippen molar-refractivity contribution >= 4 is 37.5 Å². The summed E-state index contributed by atoms with van der Waals surface area (Å²) in [5.41, 5.74) is 2.39. The van der Waals surface area contributed by atoms with Crippen LogP contribution in [-0.4, -0.2) is 11.5 Å². The number of aromatic nitrogens is 1. The molecule has 0 aliphatic carbocycles. The van der Waals surface area contributed by atoms with E-state index in [9.17, 15) is 0 Å². The van der Waals surface area contributed by atoms with E-state index >= 15 is 0 Å². The van der Waals surface area contributed by atoms with Crippen LogP contribution in [0.25, 0.3) is 0 Å². The van der Waals surface area contributed by atoms with E-state index in [0.29, 0.717) is 0 Å². The molecule has 1 N–H and O–H groups in total. The van der Waals surface area contributed by atoms with Gasteiger partial charge in [0.2, 0.25) is 0 Å². The van der Waals surface area contributed by atoms with Gasteiger partial charge in [0.1, 0.15) is 0 Å². The molecule has 1 aromatic heterocycles. The highest BCUT2D eigenvalue weighted by Crippen LogP contribution is 2.30. The van der Waals surface area contributed by atoms with Crippen molar-refractivity contribution in [3.63, 3.8) is 0 Å². The number of anilines is 1. The number of hydrogen-bond donors (Lipinski definition) is 1. The van der Waals surface area contributed by atoms with Crippen molar-refractivity contribution in [2.75, 3.05) is 11.9 Å². The van der Waals surface area contributed by atoms with Crippen molar-refractivity contribution in [3.8, 4) is 0 Å². The lowest BCUT2D eigenvalue weighted by Crippen LogP contribution is -2.05.